The number of alkyl carbamates (subject to hydrolysis) is 1. The highest BCUT2D eigenvalue weighted by molar-refractivity contribution is 5.68. The number of aromatic nitrogens is 4. The van der Waals surface area contributed by atoms with E-state index in [2.05, 4.69) is 20.5 Å². The number of carbonyl (C=O) groups is 1. The van der Waals surface area contributed by atoms with E-state index in [-0.39, 0.29) is 23.9 Å². The Morgan fingerprint density at radius 1 is 1.12 bits per heavy atom. The van der Waals surface area contributed by atoms with Crippen LogP contribution in [-0.4, -0.2) is 43.6 Å². The summed E-state index contributed by atoms with van der Waals surface area (Å²) >= 11 is 0. The SMILES string of the molecule is CC(C)(C)OC(=O)NC1CC(c2nnc(-c3ccc(OC4CC4)cn3)n2-c2ccccc2F)C1. The minimum Gasteiger partial charge on any atom is -0.489 e. The van der Waals surface area contributed by atoms with Crippen LogP contribution in [0.3, 0.4) is 0 Å². The summed E-state index contributed by atoms with van der Waals surface area (Å²) in [4.78, 5) is 16.6. The molecular formula is C25H28FN5O3. The van der Waals surface area contributed by atoms with Gasteiger partial charge >= 0.3 is 6.09 Å². The Balaban J connectivity index is 1.39. The molecule has 0 unspecified atom stereocenters. The molecule has 0 spiro atoms. The lowest BCUT2D eigenvalue weighted by atomic mass is 9.79. The van der Waals surface area contributed by atoms with Gasteiger partial charge < -0.3 is 14.8 Å². The maximum absolute atomic E-state index is 14.8. The second-order valence-electron chi connectivity index (χ2n) is 9.88. The zero-order valence-corrected chi connectivity index (χ0v) is 19.5. The average molecular weight is 466 g/mol. The van der Waals surface area contributed by atoms with Crippen LogP contribution >= 0.6 is 0 Å². The standard InChI is InChI=1S/C25H28FN5O3/c1-25(2,3)34-24(32)28-16-12-15(13-16)22-29-30-23(31(22)21-7-5-4-6-19(21)26)20-11-10-18(14-27-20)33-17-8-9-17/h4-7,10-11,14-17H,8-9,12-13H2,1-3H3,(H,28,32). The molecular weight excluding hydrogens is 437 g/mol. The van der Waals surface area contributed by atoms with E-state index in [1.54, 1.807) is 29.0 Å². The fourth-order valence-electron chi connectivity index (χ4n) is 3.98. The molecule has 5 rings (SSSR count). The molecule has 9 heteroatoms. The molecule has 2 saturated carbocycles. The van der Waals surface area contributed by atoms with E-state index in [0.29, 0.717) is 41.6 Å². The normalized spacial score (nSPS) is 19.9. The van der Waals surface area contributed by atoms with Gasteiger partial charge in [0.05, 0.1) is 18.0 Å². The molecule has 0 saturated heterocycles. The van der Waals surface area contributed by atoms with Crippen molar-refractivity contribution in [2.24, 2.45) is 0 Å². The van der Waals surface area contributed by atoms with Crippen LogP contribution in [0.4, 0.5) is 9.18 Å². The Hall–Kier alpha value is -3.49. The van der Waals surface area contributed by atoms with Crippen molar-refractivity contribution in [1.82, 2.24) is 25.1 Å². The largest absolute Gasteiger partial charge is 0.489 e. The van der Waals surface area contributed by atoms with Gasteiger partial charge in [-0.3, -0.25) is 4.57 Å². The number of benzene rings is 1. The van der Waals surface area contributed by atoms with E-state index in [1.807, 2.05) is 32.9 Å². The zero-order valence-electron chi connectivity index (χ0n) is 19.5. The van der Waals surface area contributed by atoms with Gasteiger partial charge in [0.1, 0.15) is 28.7 Å². The van der Waals surface area contributed by atoms with Crippen LogP contribution in [-0.2, 0) is 4.74 Å². The molecule has 2 aliphatic carbocycles. The summed E-state index contributed by atoms with van der Waals surface area (Å²) in [5.41, 5.74) is 0.383. The molecule has 2 aliphatic rings. The summed E-state index contributed by atoms with van der Waals surface area (Å²) < 4.78 is 27.7. The number of halogens is 1. The molecule has 3 aromatic rings. The fraction of sp³-hybridized carbons (Fsp3) is 0.440. The predicted octanol–water partition coefficient (Wildman–Crippen LogP) is 4.78. The minimum atomic E-state index is -0.556. The molecule has 1 aromatic carbocycles. The van der Waals surface area contributed by atoms with Gasteiger partial charge in [-0.25, -0.2) is 14.2 Å². The van der Waals surface area contributed by atoms with Crippen molar-refractivity contribution in [2.45, 2.75) is 70.1 Å². The highest BCUT2D eigenvalue weighted by Crippen LogP contribution is 2.39. The third-order valence-electron chi connectivity index (χ3n) is 5.80. The average Bonchev–Trinajstić information content (AvgIpc) is 3.46. The first-order valence-electron chi connectivity index (χ1n) is 11.6. The summed E-state index contributed by atoms with van der Waals surface area (Å²) in [6, 6.07) is 10.2. The second kappa shape index (κ2) is 8.70. The van der Waals surface area contributed by atoms with Crippen molar-refractivity contribution in [2.75, 3.05) is 0 Å². The number of hydrogen-bond acceptors (Lipinski definition) is 6. The predicted molar refractivity (Wildman–Crippen MR) is 123 cm³/mol. The zero-order chi connectivity index (χ0) is 23.9. The lowest BCUT2D eigenvalue weighted by molar-refractivity contribution is 0.0469. The summed E-state index contributed by atoms with van der Waals surface area (Å²) in [7, 11) is 0. The molecule has 1 amide bonds. The van der Waals surface area contributed by atoms with Gasteiger partial charge in [0.15, 0.2) is 5.82 Å². The second-order valence-corrected chi connectivity index (χ2v) is 9.88. The Morgan fingerprint density at radius 2 is 1.88 bits per heavy atom. The van der Waals surface area contributed by atoms with Crippen molar-refractivity contribution in [3.8, 4) is 23.0 Å². The Bertz CT molecular complexity index is 1180. The molecule has 0 radical (unpaired) electrons. The number of ether oxygens (including phenoxy) is 2. The third-order valence-corrected chi connectivity index (χ3v) is 5.80. The van der Waals surface area contributed by atoms with Crippen molar-refractivity contribution in [1.29, 1.82) is 0 Å². The van der Waals surface area contributed by atoms with Gasteiger partial charge in [-0.1, -0.05) is 12.1 Å². The number of pyridine rings is 1. The highest BCUT2D eigenvalue weighted by atomic mass is 19.1. The van der Waals surface area contributed by atoms with Crippen LogP contribution < -0.4 is 10.1 Å². The minimum absolute atomic E-state index is 0.0123. The molecule has 178 valence electrons. The van der Waals surface area contributed by atoms with Gasteiger partial charge in [0, 0.05) is 12.0 Å². The van der Waals surface area contributed by atoms with E-state index in [4.69, 9.17) is 9.47 Å². The van der Waals surface area contributed by atoms with Crippen LogP contribution in [0.1, 0.15) is 58.2 Å². The number of rotatable bonds is 6. The number of nitrogens with zero attached hydrogens (tertiary/aromatic N) is 4. The summed E-state index contributed by atoms with van der Waals surface area (Å²) in [5, 5.41) is 11.7. The van der Waals surface area contributed by atoms with E-state index < -0.39 is 11.7 Å². The lowest BCUT2D eigenvalue weighted by Gasteiger charge is -2.35. The monoisotopic (exact) mass is 465 g/mol. The van der Waals surface area contributed by atoms with Crippen LogP contribution in [0.15, 0.2) is 42.6 Å². The molecule has 0 atom stereocenters. The summed E-state index contributed by atoms with van der Waals surface area (Å²) in [6.45, 7) is 5.48. The van der Waals surface area contributed by atoms with E-state index in [9.17, 15) is 9.18 Å². The molecule has 0 bridgehead atoms. The highest BCUT2D eigenvalue weighted by Gasteiger charge is 2.37. The number of carbonyl (C=O) groups excluding carboxylic acids is 1. The van der Waals surface area contributed by atoms with Crippen molar-refractivity contribution < 1.29 is 18.7 Å². The molecule has 2 fully saturated rings. The van der Waals surface area contributed by atoms with E-state index >= 15 is 0 Å². The topological polar surface area (TPSA) is 91.2 Å². The number of nitrogens with one attached hydrogen (secondary N) is 1. The van der Waals surface area contributed by atoms with Crippen molar-refractivity contribution >= 4 is 6.09 Å². The molecule has 34 heavy (non-hydrogen) atoms. The van der Waals surface area contributed by atoms with Crippen molar-refractivity contribution in [3.63, 3.8) is 0 Å². The summed E-state index contributed by atoms with van der Waals surface area (Å²) in [6.07, 6.45) is 4.96. The van der Waals surface area contributed by atoms with Crippen LogP contribution in [0, 0.1) is 5.82 Å². The first kappa shape index (κ1) is 22.3. The fourth-order valence-corrected chi connectivity index (χ4v) is 3.98. The number of hydrogen-bond donors (Lipinski definition) is 1. The van der Waals surface area contributed by atoms with Crippen molar-refractivity contribution in [3.05, 3.63) is 54.2 Å². The van der Waals surface area contributed by atoms with Gasteiger partial charge in [-0.15, -0.1) is 10.2 Å². The molecule has 8 nitrogen and oxygen atoms in total. The van der Waals surface area contributed by atoms with Crippen LogP contribution in [0.2, 0.25) is 0 Å². The number of para-hydroxylation sites is 1. The summed E-state index contributed by atoms with van der Waals surface area (Å²) in [5.74, 6) is 1.45. The molecule has 0 aliphatic heterocycles. The Kier molecular flexibility index (Phi) is 5.71. The van der Waals surface area contributed by atoms with Gasteiger partial charge in [0.2, 0.25) is 0 Å². The van der Waals surface area contributed by atoms with Crippen LogP contribution in [0.25, 0.3) is 17.2 Å². The van der Waals surface area contributed by atoms with Gasteiger partial charge in [-0.05, 0) is 70.7 Å². The number of amides is 1. The maximum Gasteiger partial charge on any atom is 0.407 e. The molecule has 1 N–H and O–H groups in total. The van der Waals surface area contributed by atoms with E-state index in [0.717, 1.165) is 12.8 Å². The van der Waals surface area contributed by atoms with E-state index in [1.165, 1.54) is 6.07 Å². The third kappa shape index (κ3) is 4.88. The molecule has 2 heterocycles. The Labute approximate surface area is 197 Å². The smallest absolute Gasteiger partial charge is 0.407 e. The first-order valence-corrected chi connectivity index (χ1v) is 11.6. The van der Waals surface area contributed by atoms with Gasteiger partial charge in [-0.2, -0.15) is 0 Å². The quantitative estimate of drug-likeness (QED) is 0.563. The Morgan fingerprint density at radius 3 is 2.53 bits per heavy atom. The van der Waals surface area contributed by atoms with Crippen LogP contribution in [0.5, 0.6) is 5.75 Å². The van der Waals surface area contributed by atoms with Gasteiger partial charge in [0.25, 0.3) is 0 Å². The first-order chi connectivity index (χ1) is 16.3. The molecule has 2 aromatic heterocycles. The maximum atomic E-state index is 14.8. The lowest BCUT2D eigenvalue weighted by Crippen LogP contribution is -2.45.